The summed E-state index contributed by atoms with van der Waals surface area (Å²) in [7, 11) is 2.03. The first kappa shape index (κ1) is 16.5. The number of carbonyl (C=O) groups excluding carboxylic acids is 1. The Hall–Kier alpha value is -1.99. The second kappa shape index (κ2) is 6.72. The third-order valence-electron chi connectivity index (χ3n) is 4.44. The molecular weight excluding hydrogens is 348 g/mol. The first-order chi connectivity index (χ1) is 12.1. The molecule has 2 aromatic rings. The van der Waals surface area contributed by atoms with Crippen LogP contribution in [0.2, 0.25) is 0 Å². The maximum atomic E-state index is 14.0. The number of amides is 1. The normalized spacial score (nSPS) is 19.0. The van der Waals surface area contributed by atoms with E-state index in [1.165, 1.54) is 0 Å². The van der Waals surface area contributed by atoms with Crippen LogP contribution in [0.25, 0.3) is 0 Å². The van der Waals surface area contributed by atoms with Gasteiger partial charge >= 0.3 is 0 Å². The van der Waals surface area contributed by atoms with Crippen molar-refractivity contribution in [3.8, 4) is 0 Å². The number of nitrogens with one attached hydrogen (secondary N) is 1. The van der Waals surface area contributed by atoms with Crippen molar-refractivity contribution in [3.05, 3.63) is 29.2 Å². The summed E-state index contributed by atoms with van der Waals surface area (Å²) < 4.78 is 25.0. The van der Waals surface area contributed by atoms with E-state index in [1.807, 2.05) is 14.1 Å². The second-order valence-electron chi connectivity index (χ2n) is 6.02. The molecule has 25 heavy (non-hydrogen) atoms. The summed E-state index contributed by atoms with van der Waals surface area (Å²) in [5, 5.41) is 0. The summed E-state index contributed by atoms with van der Waals surface area (Å²) in [5.74, 6) is -1.86. The average Bonchev–Trinajstić information content (AvgIpc) is 3.28. The largest absolute Gasteiger partial charge is 0.418 e. The Morgan fingerprint density at radius 2 is 2.16 bits per heavy atom. The zero-order valence-electron chi connectivity index (χ0n) is 13.6. The smallest absolute Gasteiger partial charge is 0.298 e. The Morgan fingerprint density at radius 3 is 2.92 bits per heavy atom. The predicted molar refractivity (Wildman–Crippen MR) is 90.1 cm³/mol. The number of halogens is 1. The molecule has 0 aliphatic carbocycles. The van der Waals surface area contributed by atoms with Crippen LogP contribution in [0.5, 0.6) is 0 Å². The number of anilines is 1. The van der Waals surface area contributed by atoms with Crippen LogP contribution in [-0.4, -0.2) is 58.6 Å². The zero-order valence-corrected chi connectivity index (χ0v) is 14.7. The van der Waals surface area contributed by atoms with Gasteiger partial charge in [0.2, 0.25) is 5.76 Å². The number of nitrogens with zero attached hydrogens (tertiary/aromatic N) is 4. The molecule has 4 rings (SSSR count). The topological polar surface area (TPSA) is 87.5 Å². The number of H-pyrrole nitrogens is 1. The molecule has 1 N–H and O–H groups in total. The van der Waals surface area contributed by atoms with E-state index in [4.69, 9.17) is 9.15 Å². The number of fused-ring (bicyclic) bond motifs is 1. The van der Waals surface area contributed by atoms with Crippen LogP contribution < -0.4 is 4.90 Å². The molecule has 2 aliphatic heterocycles. The van der Waals surface area contributed by atoms with E-state index in [9.17, 15) is 9.18 Å². The summed E-state index contributed by atoms with van der Waals surface area (Å²) >= 11 is 0. The number of aromatic nitrogens is 3. The van der Waals surface area contributed by atoms with Crippen molar-refractivity contribution in [1.29, 1.82) is 0 Å². The van der Waals surface area contributed by atoms with Gasteiger partial charge in [0.1, 0.15) is 5.69 Å². The van der Waals surface area contributed by atoms with Gasteiger partial charge in [-0.3, -0.25) is 4.79 Å². The first-order valence-corrected chi connectivity index (χ1v) is 8.83. The molecule has 8 nitrogen and oxygen atoms in total. The van der Waals surface area contributed by atoms with Gasteiger partial charge < -0.3 is 23.9 Å². The van der Waals surface area contributed by atoms with E-state index < -0.39 is 5.91 Å². The first-order valence-electron chi connectivity index (χ1n) is 8.17. The van der Waals surface area contributed by atoms with Crippen LogP contribution in [0.4, 0.5) is 10.4 Å². The molecule has 1 saturated heterocycles. The molecule has 2 unspecified atom stereocenters. The molecule has 4 heterocycles. The number of morpholine rings is 1. The second-order valence-corrected chi connectivity index (χ2v) is 6.60. The van der Waals surface area contributed by atoms with Crippen molar-refractivity contribution < 1.29 is 18.3 Å². The summed E-state index contributed by atoms with van der Waals surface area (Å²) in [6, 6.07) is 0.269. The van der Waals surface area contributed by atoms with Crippen molar-refractivity contribution in [2.24, 2.45) is 0 Å². The molecule has 0 bridgehead atoms. The Morgan fingerprint density at radius 1 is 1.36 bits per heavy atom. The van der Waals surface area contributed by atoms with E-state index in [1.54, 1.807) is 11.2 Å². The lowest BCUT2D eigenvalue weighted by Gasteiger charge is -2.26. The van der Waals surface area contributed by atoms with E-state index >= 15 is 0 Å². The van der Waals surface area contributed by atoms with Crippen LogP contribution in [0.3, 0.4) is 0 Å². The Balaban J connectivity index is 1.60. The SMILES string of the molecule is O=C(c1oc(N2CCOCC2)nc1C(F)P)N1CCc2nc[nH]c2C1. The number of rotatable bonds is 3. The summed E-state index contributed by atoms with van der Waals surface area (Å²) in [5.41, 5.74) is 1.88. The molecular formula is C15H19FN5O3P. The van der Waals surface area contributed by atoms with E-state index in [0.717, 1.165) is 11.4 Å². The maximum absolute atomic E-state index is 14.0. The molecule has 2 aliphatic rings. The van der Waals surface area contributed by atoms with Crippen molar-refractivity contribution in [3.63, 3.8) is 0 Å². The monoisotopic (exact) mass is 367 g/mol. The maximum Gasteiger partial charge on any atom is 0.298 e. The predicted octanol–water partition coefficient (Wildman–Crippen LogP) is 1.28. The van der Waals surface area contributed by atoms with E-state index in [0.29, 0.717) is 45.8 Å². The number of aromatic amines is 1. The molecule has 0 saturated carbocycles. The van der Waals surface area contributed by atoms with Crippen molar-refractivity contribution >= 4 is 21.2 Å². The van der Waals surface area contributed by atoms with Gasteiger partial charge in [-0.15, -0.1) is 0 Å². The van der Waals surface area contributed by atoms with Gasteiger partial charge in [-0.25, -0.2) is 9.37 Å². The van der Waals surface area contributed by atoms with Crippen LogP contribution in [0.15, 0.2) is 10.7 Å². The lowest BCUT2D eigenvalue weighted by Crippen LogP contribution is -2.36. The van der Waals surface area contributed by atoms with Gasteiger partial charge in [0, 0.05) is 26.1 Å². The molecule has 0 spiro atoms. The van der Waals surface area contributed by atoms with E-state index in [-0.39, 0.29) is 23.4 Å². The van der Waals surface area contributed by atoms with Gasteiger partial charge in [-0.2, -0.15) is 4.98 Å². The quantitative estimate of drug-likeness (QED) is 0.823. The number of hydrogen-bond donors (Lipinski definition) is 1. The molecule has 0 aromatic carbocycles. The van der Waals surface area contributed by atoms with Crippen LogP contribution in [-0.2, 0) is 17.7 Å². The molecule has 1 fully saturated rings. The standard InChI is InChI=1S/C15H19FN5O3P/c16-13(25)11-12(24-15(19-11)20-3-5-23-6-4-20)14(22)21-2-1-9-10(7-21)18-8-17-9/h8,13H,1-7,25H2,(H,17,18). The fourth-order valence-corrected chi connectivity index (χ4v) is 3.31. The van der Waals surface area contributed by atoms with Gasteiger partial charge in [0.05, 0.1) is 37.5 Å². The molecule has 134 valence electrons. The highest BCUT2D eigenvalue weighted by Gasteiger charge is 2.32. The number of imidazole rings is 1. The van der Waals surface area contributed by atoms with E-state index in [2.05, 4.69) is 15.0 Å². The van der Waals surface area contributed by atoms with Gasteiger partial charge in [0.15, 0.2) is 5.91 Å². The molecule has 0 radical (unpaired) electrons. The average molecular weight is 367 g/mol. The van der Waals surface area contributed by atoms with Gasteiger partial charge in [-0.05, 0) is 0 Å². The number of ether oxygens (including phenoxy) is 1. The van der Waals surface area contributed by atoms with Gasteiger partial charge in [-0.1, -0.05) is 9.24 Å². The highest BCUT2D eigenvalue weighted by atomic mass is 31.0. The minimum Gasteiger partial charge on any atom is -0.418 e. The summed E-state index contributed by atoms with van der Waals surface area (Å²) in [6.45, 7) is 3.21. The lowest BCUT2D eigenvalue weighted by atomic mass is 10.1. The Kier molecular flexibility index (Phi) is 4.43. The molecule has 1 amide bonds. The summed E-state index contributed by atoms with van der Waals surface area (Å²) in [4.78, 5) is 27.9. The fourth-order valence-electron chi connectivity index (χ4n) is 3.08. The van der Waals surface area contributed by atoms with Crippen molar-refractivity contribution in [1.82, 2.24) is 19.9 Å². The van der Waals surface area contributed by atoms with Crippen LogP contribution in [0, 0.1) is 0 Å². The Bertz CT molecular complexity index is 771. The third-order valence-corrected chi connectivity index (χ3v) is 4.76. The fraction of sp³-hybridized carbons (Fsp3) is 0.533. The minimum absolute atomic E-state index is 0.0203. The van der Waals surface area contributed by atoms with Crippen molar-refractivity contribution in [2.45, 2.75) is 18.9 Å². The molecule has 2 atom stereocenters. The number of hydrogen-bond acceptors (Lipinski definition) is 6. The highest BCUT2D eigenvalue weighted by molar-refractivity contribution is 7.16. The number of carbonyl (C=O) groups is 1. The molecule has 2 aromatic heterocycles. The van der Waals surface area contributed by atoms with Gasteiger partial charge in [0.25, 0.3) is 11.9 Å². The Labute approximate surface area is 145 Å². The molecule has 10 heteroatoms. The van der Waals surface area contributed by atoms with Crippen molar-refractivity contribution in [2.75, 3.05) is 37.7 Å². The number of oxazole rings is 1. The third kappa shape index (κ3) is 3.14. The lowest BCUT2D eigenvalue weighted by molar-refractivity contribution is 0.0696. The van der Waals surface area contributed by atoms with Crippen LogP contribution >= 0.6 is 9.24 Å². The number of alkyl halides is 1. The minimum atomic E-state index is -1.47. The summed E-state index contributed by atoms with van der Waals surface area (Å²) in [6.07, 6.45) is 2.28. The zero-order chi connectivity index (χ0) is 17.4. The highest BCUT2D eigenvalue weighted by Crippen LogP contribution is 2.32. The van der Waals surface area contributed by atoms with Crippen LogP contribution in [0.1, 0.15) is 33.5 Å².